The predicted octanol–water partition coefficient (Wildman–Crippen LogP) is 2.10. The topological polar surface area (TPSA) is 92.3 Å². The molecule has 2 amide bonds. The van der Waals surface area contributed by atoms with Crippen molar-refractivity contribution in [2.45, 2.75) is 31.1 Å². The van der Waals surface area contributed by atoms with Crippen molar-refractivity contribution in [2.75, 3.05) is 6.54 Å². The van der Waals surface area contributed by atoms with Crippen molar-refractivity contribution in [3.63, 3.8) is 0 Å². The number of benzene rings is 1. The van der Waals surface area contributed by atoms with Crippen LogP contribution in [0.2, 0.25) is 10.0 Å². The molecule has 9 heteroatoms. The molecule has 0 aromatic heterocycles. The van der Waals surface area contributed by atoms with Gasteiger partial charge in [-0.25, -0.2) is 13.1 Å². The zero-order valence-electron chi connectivity index (χ0n) is 11.9. The lowest BCUT2D eigenvalue weighted by Gasteiger charge is -2.09. The maximum atomic E-state index is 12.0. The van der Waals surface area contributed by atoms with Gasteiger partial charge in [0.25, 0.3) is 15.9 Å². The number of nitrogens with one attached hydrogen (secondary N) is 2. The summed E-state index contributed by atoms with van der Waals surface area (Å²) in [5.41, 5.74) is 0. The second-order valence-corrected chi connectivity index (χ2v) is 6.90. The number of rotatable bonds is 7. The molecule has 0 saturated heterocycles. The lowest BCUT2D eigenvalue weighted by atomic mass is 10.2. The van der Waals surface area contributed by atoms with Crippen LogP contribution >= 0.6 is 23.2 Å². The largest absolute Gasteiger partial charge is 0.347 e. The molecule has 1 aromatic rings. The van der Waals surface area contributed by atoms with Crippen molar-refractivity contribution in [1.29, 1.82) is 0 Å². The van der Waals surface area contributed by atoms with Gasteiger partial charge in [0.05, 0.1) is 16.6 Å². The van der Waals surface area contributed by atoms with E-state index in [4.69, 9.17) is 23.2 Å². The molecule has 0 aliphatic carbocycles. The van der Waals surface area contributed by atoms with Crippen LogP contribution in [0, 0.1) is 0 Å². The highest BCUT2D eigenvalue weighted by Crippen LogP contribution is 2.28. The number of sulfonamides is 1. The first kappa shape index (κ1) is 18.7. The Morgan fingerprint density at radius 1 is 1.18 bits per heavy atom. The van der Waals surface area contributed by atoms with Gasteiger partial charge < -0.3 is 5.32 Å². The van der Waals surface area contributed by atoms with Gasteiger partial charge in [0.15, 0.2) is 0 Å². The maximum absolute atomic E-state index is 12.0. The summed E-state index contributed by atoms with van der Waals surface area (Å²) in [4.78, 5) is 22.7. The highest BCUT2D eigenvalue weighted by Gasteiger charge is 2.22. The summed E-state index contributed by atoms with van der Waals surface area (Å²) < 4.78 is 25.9. The standard InChI is InChI=1S/C13H16Cl2N2O4S/c1-2-3-7-11(18)16-8-12(19)17-22(20,21)10-6-4-5-9(14)13(10)15/h4-6H,2-3,7-8H2,1H3,(H,16,18)(H,17,19). The second kappa shape index (κ2) is 8.36. The van der Waals surface area contributed by atoms with E-state index in [0.29, 0.717) is 6.42 Å². The first-order chi connectivity index (χ1) is 10.3. The molecule has 6 nitrogen and oxygen atoms in total. The van der Waals surface area contributed by atoms with Crippen LogP contribution in [0.25, 0.3) is 0 Å². The number of unbranched alkanes of at least 4 members (excludes halogenated alkanes) is 1. The van der Waals surface area contributed by atoms with Crippen LogP contribution in [-0.4, -0.2) is 26.8 Å². The molecule has 0 heterocycles. The minimum absolute atomic E-state index is 0.0601. The van der Waals surface area contributed by atoms with Gasteiger partial charge in [-0.05, 0) is 18.6 Å². The van der Waals surface area contributed by atoms with Crippen molar-refractivity contribution in [3.05, 3.63) is 28.2 Å². The van der Waals surface area contributed by atoms with Crippen LogP contribution in [0.4, 0.5) is 0 Å². The summed E-state index contributed by atoms with van der Waals surface area (Å²) in [5, 5.41) is 2.23. The minimum Gasteiger partial charge on any atom is -0.347 e. The van der Waals surface area contributed by atoms with Gasteiger partial charge in [0.2, 0.25) is 5.91 Å². The van der Waals surface area contributed by atoms with E-state index in [2.05, 4.69) is 5.32 Å². The predicted molar refractivity (Wildman–Crippen MR) is 84.3 cm³/mol. The highest BCUT2D eigenvalue weighted by atomic mass is 35.5. The zero-order valence-corrected chi connectivity index (χ0v) is 14.2. The van der Waals surface area contributed by atoms with E-state index in [0.717, 1.165) is 6.42 Å². The number of hydrogen-bond acceptors (Lipinski definition) is 4. The normalized spacial score (nSPS) is 11.0. The Hall–Kier alpha value is -1.31. The Labute approximate surface area is 139 Å². The lowest BCUT2D eigenvalue weighted by molar-refractivity contribution is -0.125. The van der Waals surface area contributed by atoms with Crippen LogP contribution in [-0.2, 0) is 19.6 Å². The minimum atomic E-state index is -4.14. The van der Waals surface area contributed by atoms with Gasteiger partial charge in [-0.1, -0.05) is 42.6 Å². The summed E-state index contributed by atoms with van der Waals surface area (Å²) in [7, 11) is -4.14. The molecule has 1 rings (SSSR count). The summed E-state index contributed by atoms with van der Waals surface area (Å²) in [6.45, 7) is 1.50. The molecular formula is C13H16Cl2N2O4S. The molecule has 0 bridgehead atoms. The Bertz CT molecular complexity index is 662. The first-order valence-corrected chi connectivity index (χ1v) is 8.78. The zero-order chi connectivity index (χ0) is 16.8. The molecule has 1 aromatic carbocycles. The third-order valence-corrected chi connectivity index (χ3v) is 5.00. The van der Waals surface area contributed by atoms with Crippen LogP contribution < -0.4 is 10.0 Å². The van der Waals surface area contributed by atoms with E-state index in [9.17, 15) is 18.0 Å². The molecule has 0 fully saturated rings. The van der Waals surface area contributed by atoms with Crippen molar-refractivity contribution < 1.29 is 18.0 Å². The molecule has 0 aliphatic heterocycles. The Balaban J connectivity index is 2.67. The van der Waals surface area contributed by atoms with Crippen LogP contribution in [0.5, 0.6) is 0 Å². The fourth-order valence-electron chi connectivity index (χ4n) is 1.54. The summed E-state index contributed by atoms with van der Waals surface area (Å²) in [5.74, 6) is -1.17. The van der Waals surface area contributed by atoms with Crippen molar-refractivity contribution >= 4 is 45.0 Å². The second-order valence-electron chi connectivity index (χ2n) is 4.46. The van der Waals surface area contributed by atoms with Gasteiger partial charge >= 0.3 is 0 Å². The maximum Gasteiger partial charge on any atom is 0.265 e. The third-order valence-electron chi connectivity index (χ3n) is 2.66. The fraction of sp³-hybridized carbons (Fsp3) is 0.385. The van der Waals surface area contributed by atoms with Crippen LogP contribution in [0.15, 0.2) is 23.1 Å². The first-order valence-electron chi connectivity index (χ1n) is 6.54. The average molecular weight is 367 g/mol. The number of amides is 2. The average Bonchev–Trinajstić information content (AvgIpc) is 2.45. The SMILES string of the molecule is CCCCC(=O)NCC(=O)NS(=O)(=O)c1cccc(Cl)c1Cl. The Morgan fingerprint density at radius 3 is 2.50 bits per heavy atom. The van der Waals surface area contributed by atoms with Gasteiger partial charge in [-0.3, -0.25) is 9.59 Å². The molecule has 0 atom stereocenters. The molecule has 0 spiro atoms. The summed E-state index contributed by atoms with van der Waals surface area (Å²) in [6, 6.07) is 4.06. The van der Waals surface area contributed by atoms with Crippen LogP contribution in [0.1, 0.15) is 26.2 Å². The third kappa shape index (κ3) is 5.47. The van der Waals surface area contributed by atoms with Crippen LogP contribution in [0.3, 0.4) is 0 Å². The Kier molecular flexibility index (Phi) is 7.12. The van der Waals surface area contributed by atoms with Crippen molar-refractivity contribution in [2.24, 2.45) is 0 Å². The molecule has 0 unspecified atom stereocenters. The summed E-state index contributed by atoms with van der Waals surface area (Å²) in [6.07, 6.45) is 1.84. The quantitative estimate of drug-likeness (QED) is 0.772. The molecule has 0 aliphatic rings. The number of carbonyl (C=O) groups excluding carboxylic acids is 2. The van der Waals surface area contributed by atoms with Gasteiger partial charge in [-0.2, -0.15) is 0 Å². The number of hydrogen-bond donors (Lipinski definition) is 2. The smallest absolute Gasteiger partial charge is 0.265 e. The van der Waals surface area contributed by atoms with Gasteiger partial charge in [0.1, 0.15) is 4.90 Å². The van der Waals surface area contributed by atoms with E-state index in [-0.39, 0.29) is 27.3 Å². The highest BCUT2D eigenvalue weighted by molar-refractivity contribution is 7.90. The van der Waals surface area contributed by atoms with Gasteiger partial charge in [-0.15, -0.1) is 0 Å². The monoisotopic (exact) mass is 366 g/mol. The molecule has 122 valence electrons. The molecular weight excluding hydrogens is 351 g/mol. The Morgan fingerprint density at radius 2 is 1.86 bits per heavy atom. The van der Waals surface area contributed by atoms with E-state index in [1.165, 1.54) is 18.2 Å². The molecule has 2 N–H and O–H groups in total. The number of halogens is 2. The number of carbonyl (C=O) groups is 2. The van der Waals surface area contributed by atoms with E-state index >= 15 is 0 Å². The van der Waals surface area contributed by atoms with Crippen molar-refractivity contribution in [1.82, 2.24) is 10.0 Å². The van der Waals surface area contributed by atoms with E-state index in [1.807, 2.05) is 11.6 Å². The van der Waals surface area contributed by atoms with Crippen molar-refractivity contribution in [3.8, 4) is 0 Å². The summed E-state index contributed by atoms with van der Waals surface area (Å²) >= 11 is 11.6. The fourth-order valence-corrected chi connectivity index (χ4v) is 3.28. The lowest BCUT2D eigenvalue weighted by Crippen LogP contribution is -2.39. The molecule has 0 saturated carbocycles. The van der Waals surface area contributed by atoms with E-state index < -0.39 is 22.5 Å². The molecule has 22 heavy (non-hydrogen) atoms. The van der Waals surface area contributed by atoms with E-state index in [1.54, 1.807) is 0 Å². The van der Waals surface area contributed by atoms with Gasteiger partial charge in [0, 0.05) is 6.42 Å². The molecule has 0 radical (unpaired) electrons.